The van der Waals surface area contributed by atoms with E-state index < -0.39 is 101 Å². The summed E-state index contributed by atoms with van der Waals surface area (Å²) in [5.41, 5.74) is -4.28. The normalized spacial score (nSPS) is 20.3. The molecule has 63 heavy (non-hydrogen) atoms. The van der Waals surface area contributed by atoms with Crippen LogP contribution in [0.4, 0.5) is 34.1 Å². The summed E-state index contributed by atoms with van der Waals surface area (Å²) in [6.07, 6.45) is 3.58. The molecule has 3 aliphatic rings. The Morgan fingerprint density at radius 2 is 1.00 bits per heavy atom. The van der Waals surface area contributed by atoms with Crippen molar-refractivity contribution in [2.75, 3.05) is 9.80 Å². The van der Waals surface area contributed by atoms with Crippen LogP contribution in [0.5, 0.6) is 0 Å². The van der Waals surface area contributed by atoms with E-state index in [2.05, 4.69) is 0 Å². The van der Waals surface area contributed by atoms with Gasteiger partial charge in [0, 0.05) is 35.4 Å². The van der Waals surface area contributed by atoms with E-state index in [0.29, 0.717) is 31.2 Å². The highest BCUT2D eigenvalue weighted by atomic mass is 15.2. The SMILES string of the molecule is [2H]c1c([2H])c(C(C)(C)C)c([2H])c2c1B1c3c(cc(C)cc3N2c2c([2H])c([2H])c(C(C)(C)C)c([2H])c2-c2c([2H])c([2H])c(C3([2H])CCCCCC3)c([2H])c2[2H])N(c2c([2H])c([2H])c(C(C)(C)C)c([2H])c2[2H])c2c([2H])c([2H])c(C(C)(C)C)c([2H])c21. The molecule has 0 amide bonds. The average Bonchev–Trinajstić information content (AvgIpc) is 3.73. The summed E-state index contributed by atoms with van der Waals surface area (Å²) in [6, 6.07) is -3.85. The van der Waals surface area contributed by atoms with E-state index in [1.807, 2.05) is 0 Å². The molecule has 0 unspecified atom stereocenters. The molecule has 0 atom stereocenters. The first-order chi connectivity index (χ1) is 37.2. The molecule has 1 fully saturated rings. The molecule has 0 radical (unpaired) electrons. The van der Waals surface area contributed by atoms with Gasteiger partial charge in [-0.2, -0.15) is 0 Å². The van der Waals surface area contributed by atoms with Crippen LogP contribution in [0.2, 0.25) is 0 Å². The smallest absolute Gasteiger partial charge is 0.252 e. The molecule has 1 saturated carbocycles. The maximum Gasteiger partial charge on any atom is 0.252 e. The van der Waals surface area contributed by atoms with Crippen LogP contribution < -0.4 is 26.2 Å². The zero-order chi connectivity index (χ0) is 60.5. The number of rotatable bonds is 4. The Kier molecular flexibility index (Phi) is 6.61. The quantitative estimate of drug-likeness (QED) is 0.129. The largest absolute Gasteiger partial charge is 0.311 e. The molecule has 0 spiro atoms. The van der Waals surface area contributed by atoms with Gasteiger partial charge in [-0.25, -0.2) is 0 Å². The maximum atomic E-state index is 10.5. The number of benzene rings is 6. The summed E-state index contributed by atoms with van der Waals surface area (Å²) >= 11 is 0. The fourth-order valence-electron chi connectivity index (χ4n) is 8.84. The van der Waals surface area contributed by atoms with Crippen molar-refractivity contribution in [2.45, 2.75) is 156 Å². The van der Waals surface area contributed by atoms with Gasteiger partial charge in [-0.15, -0.1) is 0 Å². The summed E-state index contributed by atoms with van der Waals surface area (Å²) in [6.45, 7) is 21.7. The predicted octanol–water partition coefficient (Wildman–Crippen LogP) is 15.4. The third kappa shape index (κ3) is 7.97. The molecule has 0 bridgehead atoms. The average molecular weight is 849 g/mol. The molecule has 0 aromatic heterocycles. The van der Waals surface area contributed by atoms with E-state index in [0.717, 1.165) is 12.8 Å². The Morgan fingerprint density at radius 3 is 1.59 bits per heavy atom. The highest BCUT2D eigenvalue weighted by Crippen LogP contribution is 2.49. The summed E-state index contributed by atoms with van der Waals surface area (Å²) in [5.74, 6) is -1.47. The van der Waals surface area contributed by atoms with E-state index in [4.69, 9.17) is 0 Å². The summed E-state index contributed by atoms with van der Waals surface area (Å²) in [5, 5.41) is 0. The lowest BCUT2D eigenvalue weighted by Gasteiger charge is -2.45. The summed E-state index contributed by atoms with van der Waals surface area (Å²) in [4.78, 5) is 2.82. The molecule has 0 N–H and O–H groups in total. The van der Waals surface area contributed by atoms with E-state index in [9.17, 15) is 24.7 Å². The lowest BCUT2D eigenvalue weighted by atomic mass is 9.33. The molecule has 2 nitrogen and oxygen atoms in total. The Labute approximate surface area is 406 Å². The lowest BCUT2D eigenvalue weighted by Crippen LogP contribution is -2.61. The minimum Gasteiger partial charge on any atom is -0.311 e. The molecule has 3 heteroatoms. The van der Waals surface area contributed by atoms with Gasteiger partial charge in [0.2, 0.25) is 0 Å². The van der Waals surface area contributed by atoms with Crippen molar-refractivity contribution < 1.29 is 24.7 Å². The van der Waals surface area contributed by atoms with Crippen LogP contribution in [0.25, 0.3) is 11.1 Å². The first-order valence-corrected chi connectivity index (χ1v) is 22.6. The van der Waals surface area contributed by atoms with Gasteiger partial charge in [0.05, 0.1) is 29.0 Å². The van der Waals surface area contributed by atoms with Crippen molar-refractivity contribution in [3.63, 3.8) is 0 Å². The van der Waals surface area contributed by atoms with Crippen molar-refractivity contribution in [3.05, 3.63) is 148 Å². The van der Waals surface area contributed by atoms with Crippen LogP contribution in [-0.2, 0) is 21.7 Å². The van der Waals surface area contributed by atoms with Gasteiger partial charge in [-0.3, -0.25) is 0 Å². The van der Waals surface area contributed by atoms with Crippen molar-refractivity contribution in [2.24, 2.45) is 0 Å². The topological polar surface area (TPSA) is 6.48 Å². The Balaban J connectivity index is 1.58. The number of fused-ring (bicyclic) bond motifs is 4. The van der Waals surface area contributed by atoms with Gasteiger partial charge < -0.3 is 9.80 Å². The zero-order valence-corrected chi connectivity index (χ0v) is 39.4. The number of nitrogens with zero attached hydrogens (tertiary/aromatic N) is 2. The Bertz CT molecular complexity index is 3660. The van der Waals surface area contributed by atoms with Crippen LogP contribution in [0, 0.1) is 6.92 Å². The number of hydrogen-bond donors (Lipinski definition) is 0. The first-order valence-electron chi connectivity index (χ1n) is 31.6. The van der Waals surface area contributed by atoms with Gasteiger partial charge >= 0.3 is 0 Å². The van der Waals surface area contributed by atoms with Crippen LogP contribution in [-0.4, -0.2) is 6.71 Å². The molecule has 9 rings (SSSR count). The number of hydrogen-bond acceptors (Lipinski definition) is 2. The monoisotopic (exact) mass is 849 g/mol. The Morgan fingerprint density at radius 1 is 0.492 bits per heavy atom. The van der Waals surface area contributed by atoms with Gasteiger partial charge in [0.1, 0.15) is 0 Å². The first kappa shape index (κ1) is 26.7. The second-order valence-electron chi connectivity index (χ2n) is 21.8. The molecule has 324 valence electrons. The van der Waals surface area contributed by atoms with Crippen LogP contribution in [0.1, 0.15) is 186 Å². The summed E-state index contributed by atoms with van der Waals surface area (Å²) in [7, 11) is 0. The van der Waals surface area contributed by atoms with Crippen LogP contribution in [0.3, 0.4) is 0 Å². The third-order valence-corrected chi connectivity index (χ3v) is 12.5. The van der Waals surface area contributed by atoms with Gasteiger partial charge in [0.25, 0.3) is 6.71 Å². The van der Waals surface area contributed by atoms with Crippen LogP contribution in [0.15, 0.2) is 115 Å². The molecule has 0 saturated heterocycles. The van der Waals surface area contributed by atoms with Crippen molar-refractivity contribution in [1.82, 2.24) is 0 Å². The lowest BCUT2D eigenvalue weighted by molar-refractivity contribution is 0.590. The fraction of sp³-hybridized carbons (Fsp3) is 0.400. The molecule has 6 aromatic rings. The summed E-state index contributed by atoms with van der Waals surface area (Å²) < 4.78 is 179. The third-order valence-electron chi connectivity index (χ3n) is 12.5. The fourth-order valence-corrected chi connectivity index (χ4v) is 8.84. The minimum atomic E-state index is -1.47. The minimum absolute atomic E-state index is 0.0155. The Hall–Kier alpha value is -5.02. The van der Waals surface area contributed by atoms with Crippen molar-refractivity contribution in [1.29, 1.82) is 0 Å². The zero-order valence-electron chi connectivity index (χ0n) is 57.4. The predicted molar refractivity (Wildman–Crippen MR) is 276 cm³/mol. The molecule has 6 aromatic carbocycles. The van der Waals surface area contributed by atoms with Crippen LogP contribution >= 0.6 is 0 Å². The molecular weight excluding hydrogens is 759 g/mol. The van der Waals surface area contributed by atoms with E-state index in [-0.39, 0.29) is 126 Å². The van der Waals surface area contributed by atoms with E-state index in [1.165, 1.54) is 9.80 Å². The maximum absolute atomic E-state index is 10.5. The van der Waals surface area contributed by atoms with E-state index >= 15 is 0 Å². The number of aryl methyl sites for hydroxylation is 1. The molecule has 2 aliphatic heterocycles. The standard InChI is InChI=1S/C60H71BN2/c1-39-34-54-56-55(35-39)63(51-32-27-44(58(5,6)7)36-48(51)42-22-20-41(21-23-42)40-18-16-14-15-17-19-40)53-38-46(60(11,12)13)26-31-49(53)61(56)50-37-45(59(8,9)10)28-33-52(50)62(54)47-29-24-43(25-30-47)57(2,3)4/h20-38,40H,14-19H2,1-13H3/i20D,21D,22D,23D,24D,25D,26D,27D,28D,29D,30D,31D,32D,33D,36D,37D,38D,40D. The van der Waals surface area contributed by atoms with E-state index in [1.54, 1.807) is 102 Å². The molecule has 2 heterocycles. The van der Waals surface area contributed by atoms with Crippen molar-refractivity contribution in [3.8, 4) is 11.1 Å². The van der Waals surface area contributed by atoms with Gasteiger partial charge in [-0.1, -0.05) is 175 Å². The molecule has 1 aliphatic carbocycles. The highest BCUT2D eigenvalue weighted by molar-refractivity contribution is 7.00. The van der Waals surface area contributed by atoms with Gasteiger partial charge in [0.15, 0.2) is 0 Å². The molecular formula is C60H71BN2. The number of anilines is 6. The van der Waals surface area contributed by atoms with Gasteiger partial charge in [-0.05, 0) is 151 Å². The van der Waals surface area contributed by atoms with Crippen molar-refractivity contribution >= 4 is 57.2 Å². The second kappa shape index (κ2) is 15.6. The second-order valence-corrected chi connectivity index (χ2v) is 21.8. The highest BCUT2D eigenvalue weighted by Gasteiger charge is 2.44.